The van der Waals surface area contributed by atoms with Crippen LogP contribution in [-0.4, -0.2) is 35.6 Å². The Bertz CT molecular complexity index is 1090. The number of nitrogens with one attached hydrogen (secondary N) is 1. The fraction of sp³-hybridized carbons (Fsp3) is 0.435. The summed E-state index contributed by atoms with van der Waals surface area (Å²) < 4.78 is 1.44. The average molecular weight is 425 g/mol. The molecule has 30 heavy (non-hydrogen) atoms. The largest absolute Gasteiger partial charge is 0.375 e. The minimum atomic E-state index is -0.154. The Balaban J connectivity index is 1.34. The molecule has 6 nitrogen and oxygen atoms in total. The van der Waals surface area contributed by atoms with Gasteiger partial charge in [0.2, 0.25) is 5.91 Å². The van der Waals surface area contributed by atoms with Gasteiger partial charge in [-0.1, -0.05) is 25.1 Å². The lowest BCUT2D eigenvalue weighted by Crippen LogP contribution is -2.34. The lowest BCUT2D eigenvalue weighted by molar-refractivity contribution is -0.121. The lowest BCUT2D eigenvalue weighted by atomic mass is 9.89. The third-order valence-corrected chi connectivity index (χ3v) is 6.95. The third kappa shape index (κ3) is 4.41. The van der Waals surface area contributed by atoms with Crippen molar-refractivity contribution in [2.75, 3.05) is 25.0 Å². The van der Waals surface area contributed by atoms with Gasteiger partial charge in [0.05, 0.1) is 11.7 Å². The molecule has 0 fully saturated rings. The van der Waals surface area contributed by atoms with E-state index < -0.39 is 0 Å². The molecule has 0 saturated heterocycles. The molecule has 0 bridgehead atoms. The van der Waals surface area contributed by atoms with E-state index in [1.807, 2.05) is 25.2 Å². The molecule has 0 spiro atoms. The summed E-state index contributed by atoms with van der Waals surface area (Å²) in [4.78, 5) is 34.1. The zero-order valence-corrected chi connectivity index (χ0v) is 18.4. The van der Waals surface area contributed by atoms with Gasteiger partial charge < -0.3 is 10.2 Å². The summed E-state index contributed by atoms with van der Waals surface area (Å²) in [5.41, 5.74) is 2.22. The summed E-state index contributed by atoms with van der Waals surface area (Å²) in [5, 5.41) is 3.65. The molecule has 1 atom stereocenters. The Morgan fingerprint density at radius 1 is 1.33 bits per heavy atom. The summed E-state index contributed by atoms with van der Waals surface area (Å²) >= 11 is 1.63. The number of carbonyl (C=O) groups excluding carboxylic acids is 1. The Labute approximate surface area is 180 Å². The first-order valence-corrected chi connectivity index (χ1v) is 11.4. The van der Waals surface area contributed by atoms with Crippen LogP contribution in [0.2, 0.25) is 0 Å². The van der Waals surface area contributed by atoms with Crippen LogP contribution in [0.25, 0.3) is 10.2 Å². The van der Waals surface area contributed by atoms with E-state index in [-0.39, 0.29) is 18.0 Å². The number of aromatic nitrogens is 2. The molecule has 4 rings (SSSR count). The highest BCUT2D eigenvalue weighted by Crippen LogP contribution is 2.35. The van der Waals surface area contributed by atoms with Crippen LogP contribution < -0.4 is 15.8 Å². The number of thiophene rings is 1. The van der Waals surface area contributed by atoms with Crippen molar-refractivity contribution in [3.63, 3.8) is 0 Å². The number of benzene rings is 1. The molecule has 158 valence electrons. The van der Waals surface area contributed by atoms with Crippen molar-refractivity contribution in [2.24, 2.45) is 5.92 Å². The number of aryl methyl sites for hydroxylation is 1. The summed E-state index contributed by atoms with van der Waals surface area (Å²) in [6.45, 7) is 3.68. The number of rotatable bonds is 7. The molecule has 1 aliphatic rings. The van der Waals surface area contributed by atoms with Crippen LogP contribution >= 0.6 is 11.3 Å². The van der Waals surface area contributed by atoms with Crippen molar-refractivity contribution in [3.05, 3.63) is 57.5 Å². The Kier molecular flexibility index (Phi) is 6.18. The van der Waals surface area contributed by atoms with E-state index in [9.17, 15) is 9.59 Å². The van der Waals surface area contributed by atoms with Crippen molar-refractivity contribution in [1.29, 1.82) is 0 Å². The van der Waals surface area contributed by atoms with E-state index >= 15 is 0 Å². The molecule has 7 heteroatoms. The van der Waals surface area contributed by atoms with E-state index in [1.54, 1.807) is 11.3 Å². The van der Waals surface area contributed by atoms with Crippen molar-refractivity contribution in [1.82, 2.24) is 14.9 Å². The van der Waals surface area contributed by atoms with Gasteiger partial charge in [-0.2, -0.15) is 0 Å². The van der Waals surface area contributed by atoms with Gasteiger partial charge in [-0.25, -0.2) is 4.98 Å². The number of hydrogen-bond acceptors (Lipinski definition) is 5. The maximum atomic E-state index is 13.0. The second kappa shape index (κ2) is 9.00. The number of fused-ring (bicyclic) bond motifs is 3. The molecular formula is C23H28N4O2S. The number of amides is 1. The summed E-state index contributed by atoms with van der Waals surface area (Å²) in [7, 11) is 2.04. The number of hydrogen-bond donors (Lipinski definition) is 1. The quantitative estimate of drug-likeness (QED) is 0.592. The van der Waals surface area contributed by atoms with Crippen molar-refractivity contribution in [3.8, 4) is 0 Å². The highest BCUT2D eigenvalue weighted by atomic mass is 32.1. The van der Waals surface area contributed by atoms with Gasteiger partial charge in [-0.05, 0) is 49.3 Å². The monoisotopic (exact) mass is 424 g/mol. The van der Waals surface area contributed by atoms with E-state index in [4.69, 9.17) is 0 Å². The van der Waals surface area contributed by atoms with Crippen molar-refractivity contribution >= 4 is 33.1 Å². The molecule has 1 N–H and O–H groups in total. The van der Waals surface area contributed by atoms with Crippen molar-refractivity contribution < 1.29 is 4.79 Å². The standard InChI is InChI=1S/C23H28N4O2S/c1-16-9-10-18-19(13-16)30-22-21(18)23(29)27(15-25-22)14-20(28)24-11-6-12-26(2)17-7-4-3-5-8-17/h3-5,7-8,15-16H,6,9-14H2,1-2H3,(H,24,28). The zero-order valence-electron chi connectivity index (χ0n) is 17.6. The Hall–Kier alpha value is -2.67. The van der Waals surface area contributed by atoms with Crippen LogP contribution in [0.4, 0.5) is 5.69 Å². The molecule has 1 amide bonds. The van der Waals surface area contributed by atoms with E-state index in [0.29, 0.717) is 12.5 Å². The Morgan fingerprint density at radius 2 is 2.13 bits per heavy atom. The summed E-state index contributed by atoms with van der Waals surface area (Å²) in [6.07, 6.45) is 5.40. The Morgan fingerprint density at radius 3 is 2.93 bits per heavy atom. The average Bonchev–Trinajstić information content (AvgIpc) is 3.12. The van der Waals surface area contributed by atoms with Gasteiger partial charge >= 0.3 is 0 Å². The molecule has 1 aromatic carbocycles. The van der Waals surface area contributed by atoms with Crippen molar-refractivity contribution in [2.45, 2.75) is 39.2 Å². The summed E-state index contributed by atoms with van der Waals surface area (Å²) in [6, 6.07) is 10.2. The normalized spacial score (nSPS) is 15.7. The number of carbonyl (C=O) groups is 1. The van der Waals surface area contributed by atoms with E-state index in [2.05, 4.69) is 34.3 Å². The minimum absolute atomic E-state index is 0.0112. The lowest BCUT2D eigenvalue weighted by Gasteiger charge is -2.19. The minimum Gasteiger partial charge on any atom is -0.375 e. The van der Waals surface area contributed by atoms with Crippen LogP contribution in [0.5, 0.6) is 0 Å². The molecular weight excluding hydrogens is 396 g/mol. The molecule has 0 radical (unpaired) electrons. The fourth-order valence-corrected chi connectivity index (χ4v) is 5.39. The molecule has 3 aromatic rings. The molecule has 1 aliphatic carbocycles. The molecule has 2 heterocycles. The number of nitrogens with zero attached hydrogens (tertiary/aromatic N) is 3. The molecule has 2 aromatic heterocycles. The fourth-order valence-electron chi connectivity index (χ4n) is 4.04. The van der Waals surface area contributed by atoms with Crippen LogP contribution in [0.1, 0.15) is 30.2 Å². The van der Waals surface area contributed by atoms with Crippen LogP contribution in [0.3, 0.4) is 0 Å². The van der Waals surface area contributed by atoms with Gasteiger partial charge in [0, 0.05) is 30.7 Å². The first kappa shape index (κ1) is 20.6. The molecule has 0 aliphatic heterocycles. The van der Waals surface area contributed by atoms with E-state index in [0.717, 1.165) is 53.7 Å². The van der Waals surface area contributed by atoms with Crippen LogP contribution in [0, 0.1) is 5.92 Å². The predicted molar refractivity (Wildman–Crippen MR) is 122 cm³/mol. The predicted octanol–water partition coefficient (Wildman–Crippen LogP) is 3.23. The SMILES string of the molecule is CC1CCc2c(sc3ncn(CC(=O)NCCCN(C)c4ccccc4)c(=O)c23)C1. The van der Waals surface area contributed by atoms with Gasteiger partial charge in [0.25, 0.3) is 5.56 Å². The van der Waals surface area contributed by atoms with Gasteiger partial charge in [0.1, 0.15) is 11.4 Å². The van der Waals surface area contributed by atoms with Crippen LogP contribution in [-0.2, 0) is 24.2 Å². The first-order chi connectivity index (χ1) is 14.5. The highest BCUT2D eigenvalue weighted by Gasteiger charge is 2.23. The maximum absolute atomic E-state index is 13.0. The number of para-hydroxylation sites is 1. The van der Waals surface area contributed by atoms with Gasteiger partial charge in [0.15, 0.2) is 0 Å². The first-order valence-electron chi connectivity index (χ1n) is 10.6. The smallest absolute Gasteiger partial charge is 0.262 e. The van der Waals surface area contributed by atoms with Gasteiger partial charge in [-0.3, -0.25) is 14.2 Å². The second-order valence-corrected chi connectivity index (χ2v) is 9.25. The topological polar surface area (TPSA) is 67.2 Å². The summed E-state index contributed by atoms with van der Waals surface area (Å²) in [5.74, 6) is 0.498. The second-order valence-electron chi connectivity index (χ2n) is 8.17. The third-order valence-electron chi connectivity index (χ3n) is 5.79. The zero-order chi connectivity index (χ0) is 21.1. The maximum Gasteiger partial charge on any atom is 0.262 e. The van der Waals surface area contributed by atoms with Crippen LogP contribution in [0.15, 0.2) is 41.5 Å². The number of anilines is 1. The van der Waals surface area contributed by atoms with Gasteiger partial charge in [-0.15, -0.1) is 11.3 Å². The molecule has 1 unspecified atom stereocenters. The van der Waals surface area contributed by atoms with E-state index in [1.165, 1.54) is 15.8 Å². The molecule has 0 saturated carbocycles. The highest BCUT2D eigenvalue weighted by molar-refractivity contribution is 7.18.